The second-order valence-corrected chi connectivity index (χ2v) is 10.3. The summed E-state index contributed by atoms with van der Waals surface area (Å²) in [6, 6.07) is 6.18. The first-order valence-corrected chi connectivity index (χ1v) is 11.6. The van der Waals surface area contributed by atoms with Crippen LogP contribution in [0.15, 0.2) is 29.2 Å². The molecule has 29 heavy (non-hydrogen) atoms. The zero-order chi connectivity index (χ0) is 20.6. The summed E-state index contributed by atoms with van der Waals surface area (Å²) in [6.07, 6.45) is 1.78. The first-order valence-electron chi connectivity index (χ1n) is 8.87. The molecule has 0 spiro atoms. The molecule has 0 saturated carbocycles. The van der Waals surface area contributed by atoms with Crippen molar-refractivity contribution in [1.82, 2.24) is 4.90 Å². The van der Waals surface area contributed by atoms with Gasteiger partial charge in [-0.2, -0.15) is 0 Å². The van der Waals surface area contributed by atoms with Crippen LogP contribution in [0.25, 0.3) is 0 Å². The van der Waals surface area contributed by atoms with Gasteiger partial charge in [-0.15, -0.1) is 23.7 Å². The Labute approximate surface area is 180 Å². The fourth-order valence-electron chi connectivity index (χ4n) is 3.26. The number of hydrogen-bond acceptors (Lipinski definition) is 6. The van der Waals surface area contributed by atoms with E-state index < -0.39 is 21.7 Å². The van der Waals surface area contributed by atoms with E-state index in [1.165, 1.54) is 35.6 Å². The topological polar surface area (TPSA) is 110 Å². The van der Waals surface area contributed by atoms with Gasteiger partial charge in [-0.3, -0.25) is 14.5 Å². The Balaban J connectivity index is 0.00000300. The molecule has 1 aromatic heterocycles. The number of carbonyl (C=O) groups is 2. The van der Waals surface area contributed by atoms with E-state index in [-0.39, 0.29) is 22.9 Å². The number of thiophene rings is 1. The number of sulfone groups is 1. The van der Waals surface area contributed by atoms with Crippen molar-refractivity contribution >= 4 is 50.4 Å². The molecule has 1 aliphatic rings. The highest BCUT2D eigenvalue weighted by Crippen LogP contribution is 2.37. The third-order valence-electron chi connectivity index (χ3n) is 4.81. The number of amides is 2. The number of nitrogens with zero attached hydrogens (tertiary/aromatic N) is 1. The second-order valence-electron chi connectivity index (χ2n) is 7.14. The van der Waals surface area contributed by atoms with Crippen LogP contribution >= 0.6 is 23.7 Å². The van der Waals surface area contributed by atoms with E-state index in [0.29, 0.717) is 29.6 Å². The summed E-state index contributed by atoms with van der Waals surface area (Å²) in [5.41, 5.74) is 7.05. The number of hydrogen-bond donors (Lipinski definition) is 2. The summed E-state index contributed by atoms with van der Waals surface area (Å²) in [5, 5.41) is 3.17. The van der Waals surface area contributed by atoms with Crippen molar-refractivity contribution in [3.8, 4) is 0 Å². The maximum Gasteiger partial charge on any atom is 0.256 e. The average molecular weight is 458 g/mol. The van der Waals surface area contributed by atoms with E-state index >= 15 is 0 Å². The first kappa shape index (κ1) is 23.3. The van der Waals surface area contributed by atoms with Crippen molar-refractivity contribution in [3.05, 3.63) is 45.8 Å². The molecule has 2 aromatic rings. The highest BCUT2D eigenvalue weighted by molar-refractivity contribution is 7.90. The van der Waals surface area contributed by atoms with Crippen molar-refractivity contribution in [2.75, 3.05) is 18.1 Å². The lowest BCUT2D eigenvalue weighted by atomic mass is 10.0. The van der Waals surface area contributed by atoms with Gasteiger partial charge in [0.15, 0.2) is 9.84 Å². The van der Waals surface area contributed by atoms with Crippen LogP contribution in [-0.4, -0.2) is 44.0 Å². The maximum atomic E-state index is 12.7. The molecule has 10 heteroatoms. The van der Waals surface area contributed by atoms with Crippen LogP contribution in [0.3, 0.4) is 0 Å². The monoisotopic (exact) mass is 457 g/mol. The molecule has 158 valence electrons. The van der Waals surface area contributed by atoms with E-state index in [0.717, 1.165) is 23.2 Å². The molecule has 2 amide bonds. The van der Waals surface area contributed by atoms with Crippen LogP contribution in [-0.2, 0) is 22.8 Å². The van der Waals surface area contributed by atoms with Gasteiger partial charge in [0.25, 0.3) is 11.8 Å². The number of carbonyl (C=O) groups excluding carboxylic acids is 2. The van der Waals surface area contributed by atoms with Crippen molar-refractivity contribution in [2.45, 2.75) is 37.8 Å². The van der Waals surface area contributed by atoms with Crippen molar-refractivity contribution in [1.29, 1.82) is 0 Å². The summed E-state index contributed by atoms with van der Waals surface area (Å²) >= 11 is 1.35. The predicted octanol–water partition coefficient (Wildman–Crippen LogP) is 2.69. The first-order chi connectivity index (χ1) is 13.1. The Kier molecular flexibility index (Phi) is 7.10. The SMILES string of the molecule is CC(C)N1CCc2c(sc(NC(=O)c3cccc(S(C)(=O)=O)c3)c2C(N)=O)C1.Cl. The second kappa shape index (κ2) is 8.83. The smallest absolute Gasteiger partial charge is 0.256 e. The highest BCUT2D eigenvalue weighted by atomic mass is 35.5. The fraction of sp³-hybridized carbons (Fsp3) is 0.368. The minimum atomic E-state index is -3.43. The standard InChI is InChI=1S/C19H23N3O4S2.ClH/c1-11(2)22-8-7-14-15(10-22)27-19(16(14)17(20)23)21-18(24)12-5-4-6-13(9-12)28(3,25)26;/h4-6,9,11H,7-8,10H2,1-3H3,(H2,20,23)(H,21,24);1H. The molecule has 3 rings (SSSR count). The van der Waals surface area contributed by atoms with E-state index in [2.05, 4.69) is 24.1 Å². The lowest BCUT2D eigenvalue weighted by Crippen LogP contribution is -2.35. The summed E-state index contributed by atoms with van der Waals surface area (Å²) in [6.45, 7) is 5.76. The maximum absolute atomic E-state index is 12.7. The van der Waals surface area contributed by atoms with Crippen LogP contribution in [0, 0.1) is 0 Å². The minimum Gasteiger partial charge on any atom is -0.365 e. The zero-order valence-corrected chi connectivity index (χ0v) is 18.8. The van der Waals surface area contributed by atoms with Crippen molar-refractivity contribution in [2.24, 2.45) is 5.73 Å². The lowest BCUT2D eigenvalue weighted by molar-refractivity contribution is 0.0999. The molecular weight excluding hydrogens is 434 g/mol. The van der Waals surface area contributed by atoms with Gasteiger partial charge in [0.1, 0.15) is 5.00 Å². The summed E-state index contributed by atoms with van der Waals surface area (Å²) in [7, 11) is -3.43. The van der Waals surface area contributed by atoms with Crippen LogP contribution in [0.5, 0.6) is 0 Å². The molecule has 0 aliphatic carbocycles. The number of nitrogens with two attached hydrogens (primary N) is 1. The Morgan fingerprint density at radius 2 is 1.97 bits per heavy atom. The Morgan fingerprint density at radius 1 is 1.28 bits per heavy atom. The molecule has 0 radical (unpaired) electrons. The Morgan fingerprint density at radius 3 is 2.55 bits per heavy atom. The quantitative estimate of drug-likeness (QED) is 0.717. The summed E-state index contributed by atoms with van der Waals surface area (Å²) in [4.78, 5) is 28.1. The minimum absolute atomic E-state index is 0. The van der Waals surface area contributed by atoms with E-state index in [9.17, 15) is 18.0 Å². The number of nitrogens with one attached hydrogen (secondary N) is 1. The molecule has 0 saturated heterocycles. The molecule has 0 unspecified atom stereocenters. The predicted molar refractivity (Wildman–Crippen MR) is 117 cm³/mol. The van der Waals surface area contributed by atoms with Gasteiger partial charge in [0.2, 0.25) is 0 Å². The van der Waals surface area contributed by atoms with E-state index in [1.807, 2.05) is 0 Å². The van der Waals surface area contributed by atoms with Crippen LogP contribution in [0.4, 0.5) is 5.00 Å². The molecule has 0 fully saturated rings. The number of fused-ring (bicyclic) bond motifs is 1. The molecule has 1 aromatic carbocycles. The number of halogens is 1. The van der Waals surface area contributed by atoms with E-state index in [4.69, 9.17) is 5.73 Å². The van der Waals surface area contributed by atoms with Gasteiger partial charge in [-0.1, -0.05) is 6.07 Å². The largest absolute Gasteiger partial charge is 0.365 e. The molecule has 7 nitrogen and oxygen atoms in total. The number of primary amides is 1. The van der Waals surface area contributed by atoms with Crippen LogP contribution in [0.2, 0.25) is 0 Å². The van der Waals surface area contributed by atoms with Crippen LogP contribution in [0.1, 0.15) is 45.0 Å². The molecule has 0 bridgehead atoms. The summed E-state index contributed by atoms with van der Waals surface area (Å²) in [5.74, 6) is -1.05. The fourth-order valence-corrected chi connectivity index (χ4v) is 5.20. The molecule has 0 atom stereocenters. The highest BCUT2D eigenvalue weighted by Gasteiger charge is 2.28. The lowest BCUT2D eigenvalue weighted by Gasteiger charge is -2.30. The van der Waals surface area contributed by atoms with Gasteiger partial charge < -0.3 is 11.1 Å². The molecule has 2 heterocycles. The van der Waals surface area contributed by atoms with Gasteiger partial charge in [0.05, 0.1) is 10.5 Å². The van der Waals surface area contributed by atoms with Gasteiger partial charge >= 0.3 is 0 Å². The van der Waals surface area contributed by atoms with Crippen molar-refractivity contribution < 1.29 is 18.0 Å². The average Bonchev–Trinajstić information content (AvgIpc) is 2.98. The van der Waals surface area contributed by atoms with Crippen LogP contribution < -0.4 is 11.1 Å². The number of anilines is 1. The van der Waals surface area contributed by atoms with Crippen molar-refractivity contribution in [3.63, 3.8) is 0 Å². The molecule has 3 N–H and O–H groups in total. The van der Waals surface area contributed by atoms with E-state index in [1.54, 1.807) is 0 Å². The molecule has 1 aliphatic heterocycles. The zero-order valence-electron chi connectivity index (χ0n) is 16.4. The van der Waals surface area contributed by atoms with Gasteiger partial charge in [-0.05, 0) is 44.0 Å². The third-order valence-corrected chi connectivity index (χ3v) is 7.06. The number of rotatable bonds is 5. The third kappa shape index (κ3) is 4.98. The molecular formula is C19H24ClN3O4S2. The Bertz CT molecular complexity index is 1050. The van der Waals surface area contributed by atoms with Gasteiger partial charge in [0, 0.05) is 35.8 Å². The summed E-state index contributed by atoms with van der Waals surface area (Å²) < 4.78 is 23.5. The van der Waals surface area contributed by atoms with Gasteiger partial charge in [-0.25, -0.2) is 8.42 Å². The number of benzene rings is 1. The normalized spacial score (nSPS) is 14.2. The Hall–Kier alpha value is -1.94.